The Morgan fingerprint density at radius 2 is 2.24 bits per heavy atom. The third kappa shape index (κ3) is 5.44. The van der Waals surface area contributed by atoms with Gasteiger partial charge in [0.05, 0.1) is 10.7 Å². The number of hydrogen-bond acceptors (Lipinski definition) is 3. The summed E-state index contributed by atoms with van der Waals surface area (Å²) < 4.78 is 0. The van der Waals surface area contributed by atoms with Crippen LogP contribution < -0.4 is 11.1 Å². The summed E-state index contributed by atoms with van der Waals surface area (Å²) in [6.45, 7) is 2.69. The first-order valence-electron chi connectivity index (χ1n) is 5.49. The molecular weight excluding hydrogens is 256 g/mol. The molecule has 1 rings (SSSR count). The van der Waals surface area contributed by atoms with Crippen LogP contribution in [0.25, 0.3) is 0 Å². The summed E-state index contributed by atoms with van der Waals surface area (Å²) in [6.07, 6.45) is 0.472. The molecule has 94 valence electrons. The number of thioether (sulfide) groups is 1. The third-order valence-corrected chi connectivity index (χ3v) is 3.74. The fourth-order valence-electron chi connectivity index (χ4n) is 1.20. The van der Waals surface area contributed by atoms with Crippen molar-refractivity contribution in [1.29, 1.82) is 0 Å². The van der Waals surface area contributed by atoms with Gasteiger partial charge in [-0.25, -0.2) is 0 Å². The van der Waals surface area contributed by atoms with Crippen LogP contribution >= 0.6 is 23.4 Å². The van der Waals surface area contributed by atoms with Crippen molar-refractivity contribution in [3.63, 3.8) is 0 Å². The van der Waals surface area contributed by atoms with Gasteiger partial charge in [0.25, 0.3) is 0 Å². The number of rotatable bonds is 6. The van der Waals surface area contributed by atoms with Crippen LogP contribution in [0.2, 0.25) is 5.02 Å². The van der Waals surface area contributed by atoms with Gasteiger partial charge in [0, 0.05) is 24.0 Å². The zero-order valence-electron chi connectivity index (χ0n) is 9.78. The maximum Gasteiger partial charge on any atom is 0.225 e. The van der Waals surface area contributed by atoms with E-state index in [1.807, 2.05) is 12.1 Å². The molecule has 1 amide bonds. The monoisotopic (exact) mass is 272 g/mol. The fraction of sp³-hybridized carbons (Fsp3) is 0.417. The maximum absolute atomic E-state index is 11.6. The van der Waals surface area contributed by atoms with E-state index in [0.29, 0.717) is 28.9 Å². The molecule has 1 unspecified atom stereocenters. The molecule has 1 atom stereocenters. The van der Waals surface area contributed by atoms with E-state index in [4.69, 9.17) is 17.3 Å². The lowest BCUT2D eigenvalue weighted by atomic mass is 10.3. The Balaban J connectivity index is 2.33. The highest BCUT2D eigenvalue weighted by Gasteiger charge is 2.06. The van der Waals surface area contributed by atoms with Gasteiger partial charge in [-0.15, -0.1) is 0 Å². The van der Waals surface area contributed by atoms with Crippen molar-refractivity contribution in [1.82, 2.24) is 0 Å². The normalized spacial score (nSPS) is 12.2. The first kappa shape index (κ1) is 14.4. The van der Waals surface area contributed by atoms with Crippen LogP contribution in [0.3, 0.4) is 0 Å². The molecule has 3 nitrogen and oxygen atoms in total. The average Bonchev–Trinajstić information content (AvgIpc) is 2.32. The molecule has 0 spiro atoms. The second-order valence-corrected chi connectivity index (χ2v) is 5.65. The lowest BCUT2D eigenvalue weighted by molar-refractivity contribution is -0.115. The fourth-order valence-corrected chi connectivity index (χ4v) is 2.22. The largest absolute Gasteiger partial charge is 0.329 e. The zero-order chi connectivity index (χ0) is 12.7. The van der Waals surface area contributed by atoms with Crippen molar-refractivity contribution in [3.8, 4) is 0 Å². The second kappa shape index (κ2) is 7.58. The summed E-state index contributed by atoms with van der Waals surface area (Å²) in [6, 6.07) is 7.21. The van der Waals surface area contributed by atoms with Gasteiger partial charge in [0.15, 0.2) is 0 Å². The number of hydrogen-bond donors (Lipinski definition) is 2. The Morgan fingerprint density at radius 1 is 1.53 bits per heavy atom. The van der Waals surface area contributed by atoms with E-state index < -0.39 is 0 Å². The number of para-hydroxylation sites is 1. The number of nitrogens with one attached hydrogen (secondary N) is 1. The van der Waals surface area contributed by atoms with Gasteiger partial charge in [0.2, 0.25) is 5.91 Å². The van der Waals surface area contributed by atoms with E-state index in [-0.39, 0.29) is 5.91 Å². The van der Waals surface area contributed by atoms with E-state index in [2.05, 4.69) is 12.2 Å². The Kier molecular flexibility index (Phi) is 6.40. The van der Waals surface area contributed by atoms with Gasteiger partial charge in [-0.2, -0.15) is 11.8 Å². The molecule has 0 fully saturated rings. The van der Waals surface area contributed by atoms with Crippen LogP contribution in [0.5, 0.6) is 0 Å². The molecule has 0 aliphatic carbocycles. The molecule has 0 aliphatic heterocycles. The number of carbonyl (C=O) groups is 1. The number of anilines is 1. The summed E-state index contributed by atoms with van der Waals surface area (Å²) >= 11 is 7.64. The Hall–Kier alpha value is -0.710. The zero-order valence-corrected chi connectivity index (χ0v) is 11.4. The number of nitrogens with two attached hydrogens (primary N) is 1. The van der Waals surface area contributed by atoms with Crippen molar-refractivity contribution in [2.24, 2.45) is 5.73 Å². The van der Waals surface area contributed by atoms with Crippen LogP contribution in [0, 0.1) is 0 Å². The molecule has 0 saturated heterocycles. The minimum absolute atomic E-state index is 0.0187. The molecule has 5 heteroatoms. The van der Waals surface area contributed by atoms with E-state index in [9.17, 15) is 4.79 Å². The quantitative estimate of drug-likeness (QED) is 0.837. The summed E-state index contributed by atoms with van der Waals surface area (Å²) in [5, 5.41) is 3.74. The van der Waals surface area contributed by atoms with Gasteiger partial charge < -0.3 is 11.1 Å². The van der Waals surface area contributed by atoms with Crippen LogP contribution in [0.4, 0.5) is 5.69 Å². The van der Waals surface area contributed by atoms with Gasteiger partial charge >= 0.3 is 0 Å². The summed E-state index contributed by atoms with van der Waals surface area (Å²) in [5.41, 5.74) is 6.16. The standard InChI is InChI=1S/C12H17ClN2OS/c1-9(8-14)17-7-6-12(16)15-11-5-3-2-4-10(11)13/h2-5,9H,6-8,14H2,1H3,(H,15,16). The van der Waals surface area contributed by atoms with Gasteiger partial charge in [-0.3, -0.25) is 4.79 Å². The van der Waals surface area contributed by atoms with Gasteiger partial charge in [-0.05, 0) is 12.1 Å². The molecule has 0 radical (unpaired) electrons. The molecule has 0 bridgehead atoms. The highest BCUT2D eigenvalue weighted by Crippen LogP contribution is 2.20. The minimum atomic E-state index is -0.0187. The van der Waals surface area contributed by atoms with Crippen molar-refractivity contribution in [2.75, 3.05) is 17.6 Å². The van der Waals surface area contributed by atoms with Crippen LogP contribution in [0.15, 0.2) is 24.3 Å². The number of carbonyl (C=O) groups excluding carboxylic acids is 1. The SMILES string of the molecule is CC(CN)SCCC(=O)Nc1ccccc1Cl. The molecule has 1 aromatic carbocycles. The molecule has 0 heterocycles. The van der Waals surface area contributed by atoms with Crippen LogP contribution in [-0.2, 0) is 4.79 Å². The topological polar surface area (TPSA) is 55.1 Å². The Morgan fingerprint density at radius 3 is 2.88 bits per heavy atom. The molecule has 17 heavy (non-hydrogen) atoms. The van der Waals surface area contributed by atoms with E-state index in [0.717, 1.165) is 5.75 Å². The number of amides is 1. The van der Waals surface area contributed by atoms with Crippen molar-refractivity contribution >= 4 is 35.0 Å². The predicted molar refractivity (Wildman–Crippen MR) is 75.7 cm³/mol. The van der Waals surface area contributed by atoms with Crippen LogP contribution in [0.1, 0.15) is 13.3 Å². The lowest BCUT2D eigenvalue weighted by Crippen LogP contribution is -2.16. The highest BCUT2D eigenvalue weighted by molar-refractivity contribution is 7.99. The molecule has 3 N–H and O–H groups in total. The average molecular weight is 273 g/mol. The van der Waals surface area contributed by atoms with E-state index in [1.165, 1.54) is 0 Å². The lowest BCUT2D eigenvalue weighted by Gasteiger charge is -2.09. The number of halogens is 1. The maximum atomic E-state index is 11.6. The molecule has 0 aliphatic rings. The Bertz CT molecular complexity index is 373. The van der Waals surface area contributed by atoms with E-state index >= 15 is 0 Å². The first-order valence-corrected chi connectivity index (χ1v) is 6.92. The highest BCUT2D eigenvalue weighted by atomic mass is 35.5. The first-order chi connectivity index (χ1) is 8.13. The summed E-state index contributed by atoms with van der Waals surface area (Å²) in [5.74, 6) is 0.754. The summed E-state index contributed by atoms with van der Waals surface area (Å²) in [4.78, 5) is 11.6. The number of benzene rings is 1. The minimum Gasteiger partial charge on any atom is -0.329 e. The van der Waals surface area contributed by atoms with Crippen molar-refractivity contribution in [3.05, 3.63) is 29.3 Å². The van der Waals surface area contributed by atoms with Crippen molar-refractivity contribution in [2.45, 2.75) is 18.6 Å². The summed E-state index contributed by atoms with van der Waals surface area (Å²) in [7, 11) is 0. The predicted octanol–water partition coefficient (Wildman–Crippen LogP) is 2.75. The van der Waals surface area contributed by atoms with E-state index in [1.54, 1.807) is 23.9 Å². The Labute approximate surface area is 111 Å². The molecule has 0 aromatic heterocycles. The molecular formula is C12H17ClN2OS. The molecule has 0 saturated carbocycles. The second-order valence-electron chi connectivity index (χ2n) is 3.70. The third-order valence-electron chi connectivity index (χ3n) is 2.21. The van der Waals surface area contributed by atoms with Crippen molar-refractivity contribution < 1.29 is 4.79 Å². The van der Waals surface area contributed by atoms with Gasteiger partial charge in [0.1, 0.15) is 0 Å². The van der Waals surface area contributed by atoms with Gasteiger partial charge in [-0.1, -0.05) is 30.7 Å². The van der Waals surface area contributed by atoms with Crippen LogP contribution in [-0.4, -0.2) is 23.5 Å². The molecule has 1 aromatic rings. The smallest absolute Gasteiger partial charge is 0.225 e.